The molecule has 2 N–H and O–H groups in total. The van der Waals surface area contributed by atoms with E-state index < -0.39 is 0 Å². The van der Waals surface area contributed by atoms with Gasteiger partial charge in [0.15, 0.2) is 5.96 Å². The summed E-state index contributed by atoms with van der Waals surface area (Å²) >= 11 is 0. The second-order valence-electron chi connectivity index (χ2n) is 8.40. The molecule has 1 aliphatic rings. The van der Waals surface area contributed by atoms with Gasteiger partial charge in [-0.1, -0.05) is 48.5 Å². The molecular weight excluding hydrogens is 405 g/mol. The van der Waals surface area contributed by atoms with Crippen molar-refractivity contribution in [1.82, 2.24) is 20.4 Å². The van der Waals surface area contributed by atoms with Gasteiger partial charge in [-0.2, -0.15) is 0 Å². The van der Waals surface area contributed by atoms with Crippen LogP contribution in [0.15, 0.2) is 59.6 Å². The van der Waals surface area contributed by atoms with Crippen LogP contribution in [-0.4, -0.2) is 68.0 Å². The quantitative estimate of drug-likeness (QED) is 0.491. The van der Waals surface area contributed by atoms with E-state index in [1.807, 2.05) is 12.1 Å². The van der Waals surface area contributed by atoms with Crippen LogP contribution in [0.25, 0.3) is 0 Å². The largest absolute Gasteiger partial charge is 0.356 e. The van der Waals surface area contributed by atoms with Gasteiger partial charge in [0.1, 0.15) is 12.4 Å². The summed E-state index contributed by atoms with van der Waals surface area (Å²) in [6.07, 6.45) is 2.55. The first-order valence-corrected chi connectivity index (χ1v) is 11.3. The molecule has 2 aromatic carbocycles. The third kappa shape index (κ3) is 7.64. The highest BCUT2D eigenvalue weighted by Gasteiger charge is 2.20. The van der Waals surface area contributed by atoms with Crippen LogP contribution in [0.4, 0.5) is 4.39 Å². The number of rotatable bonds is 8. The van der Waals surface area contributed by atoms with E-state index in [0.717, 1.165) is 32.5 Å². The van der Waals surface area contributed by atoms with Crippen molar-refractivity contribution in [3.8, 4) is 0 Å². The number of hydrogen-bond acceptors (Lipinski definition) is 3. The molecule has 0 radical (unpaired) electrons. The minimum Gasteiger partial charge on any atom is -0.356 e. The first-order chi connectivity index (χ1) is 15.5. The van der Waals surface area contributed by atoms with Crippen LogP contribution in [0, 0.1) is 5.82 Å². The van der Waals surface area contributed by atoms with Gasteiger partial charge in [0.25, 0.3) is 0 Å². The number of carbonyl (C=O) groups is 1. The molecule has 1 amide bonds. The Morgan fingerprint density at radius 2 is 1.78 bits per heavy atom. The lowest BCUT2D eigenvalue weighted by Gasteiger charge is -2.33. The predicted molar refractivity (Wildman–Crippen MR) is 127 cm³/mol. The van der Waals surface area contributed by atoms with Crippen LogP contribution in [0.2, 0.25) is 0 Å². The molecule has 0 aliphatic carbocycles. The fourth-order valence-electron chi connectivity index (χ4n) is 3.73. The van der Waals surface area contributed by atoms with E-state index in [1.54, 1.807) is 26.2 Å². The topological polar surface area (TPSA) is 60.0 Å². The second-order valence-corrected chi connectivity index (χ2v) is 8.40. The van der Waals surface area contributed by atoms with Crippen molar-refractivity contribution in [2.45, 2.75) is 31.8 Å². The first kappa shape index (κ1) is 23.7. The summed E-state index contributed by atoms with van der Waals surface area (Å²) in [7, 11) is 3.44. The lowest BCUT2D eigenvalue weighted by atomic mass is 10.0. The van der Waals surface area contributed by atoms with E-state index in [2.05, 4.69) is 44.8 Å². The minimum atomic E-state index is -0.200. The first-order valence-electron chi connectivity index (χ1n) is 11.3. The molecule has 0 bridgehead atoms. The molecule has 2 aromatic rings. The van der Waals surface area contributed by atoms with Crippen LogP contribution in [0.1, 0.15) is 24.0 Å². The zero-order valence-electron chi connectivity index (χ0n) is 19.1. The van der Waals surface area contributed by atoms with E-state index in [9.17, 15) is 9.18 Å². The Balaban J connectivity index is 1.52. The van der Waals surface area contributed by atoms with E-state index in [0.29, 0.717) is 24.5 Å². The molecule has 172 valence electrons. The lowest BCUT2D eigenvalue weighted by Crippen LogP contribution is -2.49. The number of likely N-dealkylation sites (tertiary alicyclic amines) is 1. The van der Waals surface area contributed by atoms with Crippen molar-refractivity contribution >= 4 is 11.9 Å². The Morgan fingerprint density at radius 1 is 1.09 bits per heavy atom. The third-order valence-corrected chi connectivity index (χ3v) is 5.69. The molecule has 32 heavy (non-hydrogen) atoms. The highest BCUT2D eigenvalue weighted by Crippen LogP contribution is 2.14. The molecule has 0 atom stereocenters. The number of nitrogens with one attached hydrogen (secondary N) is 2. The molecule has 1 saturated heterocycles. The molecule has 1 heterocycles. The van der Waals surface area contributed by atoms with Crippen LogP contribution in [0.5, 0.6) is 0 Å². The molecule has 0 aromatic heterocycles. The predicted octanol–water partition coefficient (Wildman–Crippen LogP) is 2.66. The minimum absolute atomic E-state index is 0.0575. The summed E-state index contributed by atoms with van der Waals surface area (Å²) in [4.78, 5) is 20.5. The average Bonchev–Trinajstić information content (AvgIpc) is 2.80. The number of hydrogen-bond donors (Lipinski definition) is 2. The van der Waals surface area contributed by atoms with Crippen molar-refractivity contribution in [1.29, 1.82) is 0 Å². The molecular formula is C25H34FN5O. The summed E-state index contributed by atoms with van der Waals surface area (Å²) < 4.78 is 13.9. The molecule has 3 rings (SSSR count). The molecule has 0 spiro atoms. The van der Waals surface area contributed by atoms with Gasteiger partial charge in [0.05, 0.1) is 0 Å². The number of benzene rings is 2. The van der Waals surface area contributed by atoms with Crippen LogP contribution in [0.3, 0.4) is 0 Å². The summed E-state index contributed by atoms with van der Waals surface area (Å²) in [5.74, 6) is 0.352. The number of aliphatic imine (C=N–C) groups is 1. The van der Waals surface area contributed by atoms with Gasteiger partial charge >= 0.3 is 0 Å². The fourth-order valence-corrected chi connectivity index (χ4v) is 3.73. The third-order valence-electron chi connectivity index (χ3n) is 5.69. The van der Waals surface area contributed by atoms with Crippen molar-refractivity contribution in [3.63, 3.8) is 0 Å². The summed E-state index contributed by atoms with van der Waals surface area (Å²) in [5.41, 5.74) is 2.00. The Hall–Kier alpha value is -2.93. The maximum Gasteiger partial charge on any atom is 0.243 e. The Kier molecular flexibility index (Phi) is 9.04. The van der Waals surface area contributed by atoms with Crippen molar-refractivity contribution in [3.05, 3.63) is 71.5 Å². The van der Waals surface area contributed by atoms with Gasteiger partial charge < -0.3 is 15.5 Å². The monoisotopic (exact) mass is 439 g/mol. The fraction of sp³-hybridized carbons (Fsp3) is 0.440. The van der Waals surface area contributed by atoms with Crippen LogP contribution < -0.4 is 10.6 Å². The van der Waals surface area contributed by atoms with Crippen LogP contribution in [-0.2, 0) is 17.8 Å². The van der Waals surface area contributed by atoms with Gasteiger partial charge in [0.2, 0.25) is 5.91 Å². The Labute approximate surface area is 190 Å². The van der Waals surface area contributed by atoms with Crippen molar-refractivity contribution < 1.29 is 9.18 Å². The van der Waals surface area contributed by atoms with Gasteiger partial charge in [-0.15, -0.1) is 0 Å². The number of amides is 1. The second kappa shape index (κ2) is 12.2. The zero-order chi connectivity index (χ0) is 22.8. The molecule has 6 nitrogen and oxygen atoms in total. The highest BCUT2D eigenvalue weighted by atomic mass is 19.1. The van der Waals surface area contributed by atoms with Gasteiger partial charge in [-0.3, -0.25) is 9.69 Å². The maximum atomic E-state index is 13.9. The van der Waals surface area contributed by atoms with Gasteiger partial charge in [0, 0.05) is 46.3 Å². The molecule has 0 saturated carbocycles. The smallest absolute Gasteiger partial charge is 0.243 e. The maximum absolute atomic E-state index is 13.9. The summed E-state index contributed by atoms with van der Waals surface area (Å²) in [5, 5.41) is 6.76. The lowest BCUT2D eigenvalue weighted by molar-refractivity contribution is -0.127. The van der Waals surface area contributed by atoms with Gasteiger partial charge in [-0.05, 0) is 36.5 Å². The molecule has 0 unspecified atom stereocenters. The number of likely N-dealkylation sites (N-methyl/N-ethyl adjacent to an activating group) is 1. The normalized spacial score (nSPS) is 15.4. The summed E-state index contributed by atoms with van der Waals surface area (Å²) in [6, 6.07) is 17.6. The Bertz CT molecular complexity index is 879. The average molecular weight is 440 g/mol. The molecule has 7 heteroatoms. The SMILES string of the molecule is CN(C)C(=O)CN=C(NCCc1ccccc1F)NC1CCN(Cc2ccccc2)CC1. The number of piperidine rings is 1. The van der Waals surface area contributed by atoms with E-state index in [4.69, 9.17) is 0 Å². The number of nitrogens with zero attached hydrogens (tertiary/aromatic N) is 3. The zero-order valence-corrected chi connectivity index (χ0v) is 19.1. The van der Waals surface area contributed by atoms with Crippen molar-refractivity contribution in [2.75, 3.05) is 40.3 Å². The standard InChI is InChI=1S/C25H34FN5O/c1-30(2)24(32)18-28-25(27-15-12-21-10-6-7-11-23(21)26)29-22-13-16-31(17-14-22)19-20-8-4-3-5-9-20/h3-11,22H,12-19H2,1-2H3,(H2,27,28,29). The van der Waals surface area contributed by atoms with Crippen LogP contribution >= 0.6 is 0 Å². The molecule has 1 fully saturated rings. The van der Waals surface area contributed by atoms with E-state index >= 15 is 0 Å². The molecule has 1 aliphatic heterocycles. The van der Waals surface area contributed by atoms with E-state index in [-0.39, 0.29) is 24.3 Å². The van der Waals surface area contributed by atoms with E-state index in [1.165, 1.54) is 16.5 Å². The Morgan fingerprint density at radius 3 is 2.47 bits per heavy atom. The highest BCUT2D eigenvalue weighted by molar-refractivity contribution is 5.84. The number of halogens is 1. The van der Waals surface area contributed by atoms with Gasteiger partial charge in [-0.25, -0.2) is 9.38 Å². The van der Waals surface area contributed by atoms with Crippen molar-refractivity contribution in [2.24, 2.45) is 4.99 Å². The summed E-state index contributed by atoms with van der Waals surface area (Å²) in [6.45, 7) is 3.59. The number of guanidine groups is 1. The number of carbonyl (C=O) groups excluding carboxylic acids is 1.